The molecular weight excluding hydrogens is 272 g/mol. The smallest absolute Gasteiger partial charge is 0.377 e. The molecule has 0 aromatic heterocycles. The molecule has 0 spiro atoms. The second-order valence-corrected chi connectivity index (χ2v) is 7.67. The highest BCUT2D eigenvalue weighted by Gasteiger charge is 2.37. The van der Waals surface area contributed by atoms with Gasteiger partial charge in [0.1, 0.15) is 0 Å². The van der Waals surface area contributed by atoms with Crippen LogP contribution in [0.4, 0.5) is 0 Å². The third-order valence-electron chi connectivity index (χ3n) is 2.69. The Morgan fingerprint density at radius 3 is 2.06 bits per heavy atom. The molecule has 0 radical (unpaired) electrons. The first-order chi connectivity index (χ1) is 8.06. The molecule has 0 fully saturated rings. The molecule has 0 N–H and O–H groups in total. The first-order valence-corrected chi connectivity index (χ1v) is 8.06. The van der Waals surface area contributed by atoms with E-state index in [4.69, 9.17) is 13.3 Å². The quantitative estimate of drug-likeness (QED) is 0.623. The van der Waals surface area contributed by atoms with Crippen molar-refractivity contribution < 1.29 is 13.3 Å². The van der Waals surface area contributed by atoms with Gasteiger partial charge in [-0.25, -0.2) is 0 Å². The molecule has 0 saturated heterocycles. The normalized spacial score (nSPS) is 11.8. The predicted octanol–water partition coefficient (Wildman–Crippen LogP) is 2.68. The van der Waals surface area contributed by atoms with Crippen molar-refractivity contribution in [1.82, 2.24) is 0 Å². The Bertz CT molecular complexity index is 361. The molecule has 0 aliphatic heterocycles. The van der Waals surface area contributed by atoms with Crippen molar-refractivity contribution >= 4 is 34.1 Å². The van der Waals surface area contributed by atoms with Gasteiger partial charge in [0.05, 0.1) is 0 Å². The summed E-state index contributed by atoms with van der Waals surface area (Å²) in [6.07, 6.45) is 0.837. The summed E-state index contributed by atoms with van der Waals surface area (Å²) >= 11 is 8.63. The zero-order chi connectivity index (χ0) is 12.9. The van der Waals surface area contributed by atoms with Gasteiger partial charge in [0.2, 0.25) is 0 Å². The van der Waals surface area contributed by atoms with Crippen molar-refractivity contribution in [2.75, 3.05) is 21.3 Å². The van der Waals surface area contributed by atoms with Gasteiger partial charge in [-0.15, -0.1) is 25.3 Å². The molecule has 0 unspecified atom stereocenters. The fourth-order valence-electron chi connectivity index (χ4n) is 1.58. The number of thiol groups is 2. The minimum absolute atomic E-state index is 0.746. The van der Waals surface area contributed by atoms with Gasteiger partial charge in [-0.1, -0.05) is 6.07 Å². The van der Waals surface area contributed by atoms with Crippen molar-refractivity contribution in [3.8, 4) is 0 Å². The lowest BCUT2D eigenvalue weighted by molar-refractivity contribution is 0.123. The van der Waals surface area contributed by atoms with Crippen LogP contribution in [-0.2, 0) is 19.7 Å². The van der Waals surface area contributed by atoms with E-state index < -0.39 is 8.80 Å². The second-order valence-electron chi connectivity index (χ2n) is 3.62. The van der Waals surface area contributed by atoms with Gasteiger partial charge in [0.25, 0.3) is 0 Å². The average Bonchev–Trinajstić information content (AvgIpc) is 2.36. The van der Waals surface area contributed by atoms with E-state index in [0.717, 1.165) is 22.3 Å². The van der Waals surface area contributed by atoms with Gasteiger partial charge in [-0.3, -0.25) is 0 Å². The Morgan fingerprint density at radius 1 is 1.00 bits per heavy atom. The first-order valence-electron chi connectivity index (χ1n) is 5.23. The third kappa shape index (κ3) is 4.01. The van der Waals surface area contributed by atoms with E-state index >= 15 is 0 Å². The van der Waals surface area contributed by atoms with E-state index in [9.17, 15) is 0 Å². The van der Waals surface area contributed by atoms with E-state index in [0.29, 0.717) is 0 Å². The summed E-state index contributed by atoms with van der Waals surface area (Å²) in [6.45, 7) is 0. The van der Waals surface area contributed by atoms with Crippen molar-refractivity contribution in [3.05, 3.63) is 23.8 Å². The van der Waals surface area contributed by atoms with Crippen LogP contribution >= 0.6 is 25.3 Å². The minimum Gasteiger partial charge on any atom is -0.377 e. The summed E-state index contributed by atoms with van der Waals surface area (Å²) in [5.74, 6) is 0. The van der Waals surface area contributed by atoms with E-state index in [2.05, 4.69) is 25.3 Å². The molecule has 0 atom stereocenters. The lowest BCUT2D eigenvalue weighted by atomic mass is 10.2. The van der Waals surface area contributed by atoms with Crippen LogP contribution in [0, 0.1) is 0 Å². The molecule has 1 aromatic rings. The average molecular weight is 290 g/mol. The van der Waals surface area contributed by atoms with E-state index in [-0.39, 0.29) is 0 Å². The standard InChI is InChI=1S/C11H18O3S2Si/c1-12-17(13-2,14-3)7-6-9-4-5-10(15)11(16)8-9/h4-5,8,15-16H,6-7H2,1-3H3. The maximum atomic E-state index is 5.37. The first kappa shape index (κ1) is 15.1. The Kier molecular flexibility index (Phi) is 6.05. The number of rotatable bonds is 6. The molecule has 6 heteroatoms. The number of hydrogen-bond acceptors (Lipinski definition) is 5. The van der Waals surface area contributed by atoms with Gasteiger partial charge in [0.15, 0.2) is 0 Å². The van der Waals surface area contributed by atoms with Crippen molar-refractivity contribution in [3.63, 3.8) is 0 Å². The summed E-state index contributed by atoms with van der Waals surface area (Å²) in [5, 5.41) is 0. The molecule has 17 heavy (non-hydrogen) atoms. The van der Waals surface area contributed by atoms with Crippen LogP contribution in [0.5, 0.6) is 0 Å². The van der Waals surface area contributed by atoms with Crippen LogP contribution < -0.4 is 0 Å². The highest BCUT2D eigenvalue weighted by atomic mass is 32.1. The Morgan fingerprint density at radius 2 is 1.59 bits per heavy atom. The molecule has 3 nitrogen and oxygen atoms in total. The predicted molar refractivity (Wildman–Crippen MR) is 76.2 cm³/mol. The largest absolute Gasteiger partial charge is 0.500 e. The lowest BCUT2D eigenvalue weighted by Gasteiger charge is -2.24. The van der Waals surface area contributed by atoms with Gasteiger partial charge in [-0.2, -0.15) is 0 Å². The van der Waals surface area contributed by atoms with Crippen molar-refractivity contribution in [1.29, 1.82) is 0 Å². The molecule has 0 saturated carbocycles. The maximum absolute atomic E-state index is 5.37. The SMILES string of the molecule is CO[Si](CCc1ccc(S)c(S)c1)(OC)OC. The molecule has 1 aromatic carbocycles. The molecular formula is C11H18O3S2Si. The third-order valence-corrected chi connectivity index (χ3v) is 6.36. The topological polar surface area (TPSA) is 27.7 Å². The second kappa shape index (κ2) is 6.82. The minimum atomic E-state index is -2.48. The number of hydrogen-bond donors (Lipinski definition) is 2. The number of aryl methyl sites for hydroxylation is 1. The van der Waals surface area contributed by atoms with Crippen LogP contribution in [0.1, 0.15) is 5.56 Å². The fourth-order valence-corrected chi connectivity index (χ4v) is 3.66. The van der Waals surface area contributed by atoms with E-state index in [1.54, 1.807) is 21.3 Å². The van der Waals surface area contributed by atoms with Crippen molar-refractivity contribution in [2.24, 2.45) is 0 Å². The maximum Gasteiger partial charge on any atom is 0.500 e. The Balaban J connectivity index is 2.68. The van der Waals surface area contributed by atoms with E-state index in [1.165, 1.54) is 5.56 Å². The van der Waals surface area contributed by atoms with Crippen LogP contribution in [0.25, 0.3) is 0 Å². The molecule has 0 amide bonds. The summed E-state index contributed by atoms with van der Waals surface area (Å²) in [7, 11) is 2.40. The van der Waals surface area contributed by atoms with Crippen LogP contribution in [-0.4, -0.2) is 30.1 Å². The summed E-state index contributed by atoms with van der Waals surface area (Å²) in [6, 6.07) is 6.72. The van der Waals surface area contributed by atoms with Gasteiger partial charge in [0, 0.05) is 37.2 Å². The van der Waals surface area contributed by atoms with Gasteiger partial charge in [-0.05, 0) is 24.1 Å². The summed E-state index contributed by atoms with van der Waals surface area (Å²) in [4.78, 5) is 1.76. The van der Waals surface area contributed by atoms with Gasteiger partial charge >= 0.3 is 8.80 Å². The van der Waals surface area contributed by atoms with Crippen LogP contribution in [0.2, 0.25) is 6.04 Å². The molecule has 0 aliphatic rings. The molecule has 96 valence electrons. The highest BCUT2D eigenvalue weighted by molar-refractivity contribution is 7.83. The van der Waals surface area contributed by atoms with Crippen molar-refractivity contribution in [2.45, 2.75) is 22.3 Å². The highest BCUT2D eigenvalue weighted by Crippen LogP contribution is 2.22. The molecule has 0 heterocycles. The summed E-state index contributed by atoms with van der Waals surface area (Å²) in [5.41, 5.74) is 1.18. The van der Waals surface area contributed by atoms with Gasteiger partial charge < -0.3 is 13.3 Å². The number of benzene rings is 1. The molecule has 0 aliphatic carbocycles. The molecule has 0 bridgehead atoms. The Hall–Kier alpha value is 0.0169. The van der Waals surface area contributed by atoms with E-state index in [1.807, 2.05) is 18.2 Å². The Labute approximate surface area is 115 Å². The monoisotopic (exact) mass is 290 g/mol. The zero-order valence-corrected chi connectivity index (χ0v) is 13.1. The zero-order valence-electron chi connectivity index (χ0n) is 10.3. The molecule has 1 rings (SSSR count). The van der Waals surface area contributed by atoms with Crippen LogP contribution in [0.15, 0.2) is 28.0 Å². The summed E-state index contributed by atoms with van der Waals surface area (Å²) < 4.78 is 16.1. The van der Waals surface area contributed by atoms with Crippen LogP contribution in [0.3, 0.4) is 0 Å². The lowest BCUT2D eigenvalue weighted by Crippen LogP contribution is -2.43. The fraction of sp³-hybridized carbons (Fsp3) is 0.455.